The molecule has 1 aromatic carbocycles. The lowest BCUT2D eigenvalue weighted by molar-refractivity contribution is 0.365. The summed E-state index contributed by atoms with van der Waals surface area (Å²) in [7, 11) is 0. The van der Waals surface area contributed by atoms with Gasteiger partial charge in [0.2, 0.25) is 0 Å². The molecule has 17 heavy (non-hydrogen) atoms. The Morgan fingerprint density at radius 3 is 2.76 bits per heavy atom. The monoisotopic (exact) mass is 236 g/mol. The van der Waals surface area contributed by atoms with Crippen molar-refractivity contribution in [2.24, 2.45) is 5.41 Å². The number of nitrogens with zero attached hydrogens (tertiary/aromatic N) is 1. The average Bonchev–Trinajstić information content (AvgIpc) is 2.74. The zero-order chi connectivity index (χ0) is 12.3. The first-order chi connectivity index (χ1) is 8.14. The molecular formula is C14H21FN2. The van der Waals surface area contributed by atoms with Crippen molar-refractivity contribution in [3.63, 3.8) is 0 Å². The normalized spacial score (nSPS) is 23.9. The fourth-order valence-electron chi connectivity index (χ4n) is 2.54. The van der Waals surface area contributed by atoms with Crippen LogP contribution in [0.1, 0.15) is 20.3 Å². The third kappa shape index (κ3) is 2.78. The van der Waals surface area contributed by atoms with Crippen LogP contribution < -0.4 is 10.2 Å². The van der Waals surface area contributed by atoms with Crippen molar-refractivity contribution < 1.29 is 4.39 Å². The number of nitrogens with one attached hydrogen (secondary N) is 1. The molecule has 0 aliphatic carbocycles. The summed E-state index contributed by atoms with van der Waals surface area (Å²) in [5.74, 6) is -0.121. The highest BCUT2D eigenvalue weighted by Crippen LogP contribution is 2.29. The minimum absolute atomic E-state index is 0.121. The Balaban J connectivity index is 2.14. The average molecular weight is 236 g/mol. The molecule has 1 saturated heterocycles. The fraction of sp³-hybridized carbons (Fsp3) is 0.571. The van der Waals surface area contributed by atoms with Gasteiger partial charge in [-0.3, -0.25) is 0 Å². The van der Waals surface area contributed by atoms with Gasteiger partial charge in [0.1, 0.15) is 5.82 Å². The zero-order valence-electron chi connectivity index (χ0n) is 10.7. The van der Waals surface area contributed by atoms with Gasteiger partial charge in [-0.1, -0.05) is 19.1 Å². The highest BCUT2D eigenvalue weighted by Gasteiger charge is 2.30. The molecule has 0 bridgehead atoms. The van der Waals surface area contributed by atoms with Crippen LogP contribution in [-0.2, 0) is 0 Å². The zero-order valence-corrected chi connectivity index (χ0v) is 10.7. The van der Waals surface area contributed by atoms with Gasteiger partial charge >= 0.3 is 0 Å². The maximum atomic E-state index is 13.8. The van der Waals surface area contributed by atoms with Gasteiger partial charge < -0.3 is 10.2 Å². The number of para-hydroxylation sites is 1. The second-order valence-corrected chi connectivity index (χ2v) is 5.20. The molecule has 0 radical (unpaired) electrons. The number of hydrogen-bond acceptors (Lipinski definition) is 2. The molecule has 1 aliphatic heterocycles. The summed E-state index contributed by atoms with van der Waals surface area (Å²) < 4.78 is 13.8. The van der Waals surface area contributed by atoms with Crippen LogP contribution in [0.4, 0.5) is 10.1 Å². The molecule has 2 rings (SSSR count). The van der Waals surface area contributed by atoms with E-state index in [1.807, 2.05) is 12.1 Å². The Kier molecular flexibility index (Phi) is 3.67. The molecule has 1 atom stereocenters. The van der Waals surface area contributed by atoms with Gasteiger partial charge in [-0.2, -0.15) is 0 Å². The van der Waals surface area contributed by atoms with E-state index in [0.717, 1.165) is 38.3 Å². The second kappa shape index (κ2) is 5.05. The molecule has 1 N–H and O–H groups in total. The highest BCUT2D eigenvalue weighted by atomic mass is 19.1. The lowest BCUT2D eigenvalue weighted by Crippen LogP contribution is -2.37. The first kappa shape index (κ1) is 12.4. The molecule has 0 spiro atoms. The van der Waals surface area contributed by atoms with Crippen molar-refractivity contribution in [3.8, 4) is 0 Å². The Morgan fingerprint density at radius 2 is 2.18 bits per heavy atom. The minimum Gasteiger partial charge on any atom is -0.369 e. The van der Waals surface area contributed by atoms with Gasteiger partial charge in [-0.15, -0.1) is 0 Å². The molecule has 1 aromatic rings. The summed E-state index contributed by atoms with van der Waals surface area (Å²) in [6, 6.07) is 7.04. The predicted octanol–water partition coefficient (Wildman–Crippen LogP) is 2.65. The van der Waals surface area contributed by atoms with Crippen LogP contribution in [0.5, 0.6) is 0 Å². The van der Waals surface area contributed by atoms with E-state index in [0.29, 0.717) is 0 Å². The van der Waals surface area contributed by atoms with E-state index in [9.17, 15) is 4.39 Å². The summed E-state index contributed by atoms with van der Waals surface area (Å²) in [5.41, 5.74) is 0.987. The SMILES string of the molecule is CCN(CC1(C)CCNC1)c1ccccc1F. The van der Waals surface area contributed by atoms with Gasteiger partial charge in [-0.25, -0.2) is 4.39 Å². The molecule has 0 aromatic heterocycles. The van der Waals surface area contributed by atoms with Gasteiger partial charge in [-0.05, 0) is 37.4 Å². The highest BCUT2D eigenvalue weighted by molar-refractivity contribution is 5.47. The molecule has 1 aliphatic rings. The predicted molar refractivity (Wildman–Crippen MR) is 69.9 cm³/mol. The maximum Gasteiger partial charge on any atom is 0.146 e. The number of hydrogen-bond donors (Lipinski definition) is 1. The van der Waals surface area contributed by atoms with Crippen LogP contribution >= 0.6 is 0 Å². The van der Waals surface area contributed by atoms with Gasteiger partial charge in [0.05, 0.1) is 5.69 Å². The lowest BCUT2D eigenvalue weighted by Gasteiger charge is -2.33. The van der Waals surface area contributed by atoms with Crippen molar-refractivity contribution in [2.75, 3.05) is 31.1 Å². The van der Waals surface area contributed by atoms with E-state index in [1.54, 1.807) is 6.07 Å². The lowest BCUT2D eigenvalue weighted by atomic mass is 9.89. The van der Waals surface area contributed by atoms with E-state index in [1.165, 1.54) is 6.07 Å². The molecule has 2 nitrogen and oxygen atoms in total. The third-order valence-corrected chi connectivity index (χ3v) is 3.60. The van der Waals surface area contributed by atoms with Crippen molar-refractivity contribution >= 4 is 5.69 Å². The van der Waals surface area contributed by atoms with Gasteiger partial charge in [0.15, 0.2) is 0 Å². The largest absolute Gasteiger partial charge is 0.369 e. The molecule has 0 saturated carbocycles. The van der Waals surface area contributed by atoms with Gasteiger partial charge in [0, 0.05) is 19.6 Å². The van der Waals surface area contributed by atoms with E-state index in [4.69, 9.17) is 0 Å². The number of benzene rings is 1. The first-order valence-electron chi connectivity index (χ1n) is 6.35. The Hall–Kier alpha value is -1.09. The van der Waals surface area contributed by atoms with E-state index in [-0.39, 0.29) is 11.2 Å². The smallest absolute Gasteiger partial charge is 0.146 e. The third-order valence-electron chi connectivity index (χ3n) is 3.60. The summed E-state index contributed by atoms with van der Waals surface area (Å²) in [6.45, 7) is 8.21. The first-order valence-corrected chi connectivity index (χ1v) is 6.35. The van der Waals surface area contributed by atoms with E-state index in [2.05, 4.69) is 24.1 Å². The molecule has 0 amide bonds. The molecule has 94 valence electrons. The Bertz CT molecular complexity index is 372. The van der Waals surface area contributed by atoms with E-state index >= 15 is 0 Å². The molecular weight excluding hydrogens is 215 g/mol. The van der Waals surface area contributed by atoms with Crippen LogP contribution in [0.3, 0.4) is 0 Å². The standard InChI is InChI=1S/C14H21FN2/c1-3-17(11-14(2)8-9-16-10-14)13-7-5-4-6-12(13)15/h4-7,16H,3,8-11H2,1-2H3. The van der Waals surface area contributed by atoms with E-state index < -0.39 is 0 Å². The van der Waals surface area contributed by atoms with Crippen molar-refractivity contribution in [1.82, 2.24) is 5.32 Å². The quantitative estimate of drug-likeness (QED) is 0.864. The minimum atomic E-state index is -0.121. The van der Waals surface area contributed by atoms with Crippen molar-refractivity contribution in [3.05, 3.63) is 30.1 Å². The Morgan fingerprint density at radius 1 is 1.41 bits per heavy atom. The molecule has 1 unspecified atom stereocenters. The fourth-order valence-corrected chi connectivity index (χ4v) is 2.54. The van der Waals surface area contributed by atoms with Crippen LogP contribution in [0, 0.1) is 11.2 Å². The van der Waals surface area contributed by atoms with Crippen LogP contribution in [0.15, 0.2) is 24.3 Å². The number of anilines is 1. The summed E-state index contributed by atoms with van der Waals surface area (Å²) in [6.07, 6.45) is 1.16. The molecule has 1 fully saturated rings. The maximum absolute atomic E-state index is 13.8. The topological polar surface area (TPSA) is 15.3 Å². The molecule has 3 heteroatoms. The van der Waals surface area contributed by atoms with Crippen LogP contribution in [-0.4, -0.2) is 26.2 Å². The van der Waals surface area contributed by atoms with Crippen LogP contribution in [0.25, 0.3) is 0 Å². The van der Waals surface area contributed by atoms with Crippen molar-refractivity contribution in [2.45, 2.75) is 20.3 Å². The van der Waals surface area contributed by atoms with Crippen LogP contribution in [0.2, 0.25) is 0 Å². The summed E-state index contributed by atoms with van der Waals surface area (Å²) >= 11 is 0. The van der Waals surface area contributed by atoms with Crippen molar-refractivity contribution in [1.29, 1.82) is 0 Å². The second-order valence-electron chi connectivity index (χ2n) is 5.20. The molecule has 1 heterocycles. The Labute approximate surface area is 103 Å². The number of rotatable bonds is 4. The summed E-state index contributed by atoms with van der Waals surface area (Å²) in [5, 5.41) is 3.39. The number of halogens is 1. The summed E-state index contributed by atoms with van der Waals surface area (Å²) in [4.78, 5) is 2.14. The van der Waals surface area contributed by atoms with Gasteiger partial charge in [0.25, 0.3) is 0 Å².